The zero-order valence-corrected chi connectivity index (χ0v) is 10.8. The molecule has 0 heterocycles. The number of ketones is 1. The molecule has 0 spiro atoms. The lowest BCUT2D eigenvalue weighted by atomic mass is 10.0. The average molecular weight is 257 g/mol. The summed E-state index contributed by atoms with van der Waals surface area (Å²) in [5.74, 6) is -0.381. The van der Waals surface area contributed by atoms with E-state index >= 15 is 0 Å². The van der Waals surface area contributed by atoms with E-state index in [1.54, 1.807) is 19.1 Å². The van der Waals surface area contributed by atoms with Crippen molar-refractivity contribution < 1.29 is 9.18 Å². The molecular formula is C16H16FNO. The molecule has 2 aromatic rings. The van der Waals surface area contributed by atoms with Gasteiger partial charge >= 0.3 is 0 Å². The molecule has 3 heteroatoms. The highest BCUT2D eigenvalue weighted by molar-refractivity contribution is 5.96. The minimum absolute atomic E-state index is 0.0456. The number of carbonyl (C=O) groups excluding carboxylic acids is 1. The van der Waals surface area contributed by atoms with Crippen molar-refractivity contribution in [2.75, 3.05) is 5.73 Å². The van der Waals surface area contributed by atoms with Crippen molar-refractivity contribution in [3.8, 4) is 0 Å². The van der Waals surface area contributed by atoms with Crippen molar-refractivity contribution in [3.63, 3.8) is 0 Å². The van der Waals surface area contributed by atoms with Crippen LogP contribution in [0.2, 0.25) is 0 Å². The first kappa shape index (κ1) is 13.3. The standard InChI is InChI=1S/C16H16FNO/c1-11-2-6-13(10-15(11)17)16(19)9-5-12-3-7-14(18)8-4-12/h2-4,6-8,10H,5,9,18H2,1H3. The summed E-state index contributed by atoms with van der Waals surface area (Å²) in [6, 6.07) is 12.0. The number of benzene rings is 2. The molecule has 98 valence electrons. The van der Waals surface area contributed by atoms with Gasteiger partial charge < -0.3 is 5.73 Å². The molecule has 2 N–H and O–H groups in total. The summed E-state index contributed by atoms with van der Waals surface area (Å²) in [5.41, 5.74) is 8.33. The van der Waals surface area contributed by atoms with E-state index in [1.165, 1.54) is 6.07 Å². The molecule has 0 saturated heterocycles. The fourth-order valence-electron chi connectivity index (χ4n) is 1.85. The Balaban J connectivity index is 2.01. The Labute approximate surface area is 112 Å². The monoisotopic (exact) mass is 257 g/mol. The van der Waals surface area contributed by atoms with E-state index in [-0.39, 0.29) is 11.6 Å². The molecule has 19 heavy (non-hydrogen) atoms. The molecule has 0 saturated carbocycles. The van der Waals surface area contributed by atoms with Crippen LogP contribution in [0.4, 0.5) is 10.1 Å². The second-order valence-corrected chi connectivity index (χ2v) is 4.63. The Morgan fingerprint density at radius 2 is 1.84 bits per heavy atom. The maximum absolute atomic E-state index is 13.4. The third kappa shape index (κ3) is 3.41. The first-order chi connectivity index (χ1) is 9.06. The van der Waals surface area contributed by atoms with Gasteiger partial charge in [0.05, 0.1) is 0 Å². The van der Waals surface area contributed by atoms with Crippen LogP contribution in [0.1, 0.15) is 27.9 Å². The Hall–Kier alpha value is -2.16. The number of nitrogens with two attached hydrogens (primary N) is 1. The molecule has 0 aliphatic rings. The highest BCUT2D eigenvalue weighted by Crippen LogP contribution is 2.13. The van der Waals surface area contributed by atoms with E-state index in [9.17, 15) is 9.18 Å². The molecule has 2 aromatic carbocycles. The van der Waals surface area contributed by atoms with Gasteiger partial charge in [-0.25, -0.2) is 4.39 Å². The molecule has 0 aliphatic heterocycles. The van der Waals surface area contributed by atoms with Crippen molar-refractivity contribution >= 4 is 11.5 Å². The Morgan fingerprint density at radius 3 is 2.47 bits per heavy atom. The predicted octanol–water partition coefficient (Wildman–Crippen LogP) is 3.53. The maximum atomic E-state index is 13.4. The lowest BCUT2D eigenvalue weighted by Crippen LogP contribution is -2.02. The normalized spacial score (nSPS) is 10.4. The van der Waals surface area contributed by atoms with Gasteiger partial charge in [0, 0.05) is 17.7 Å². The van der Waals surface area contributed by atoms with E-state index in [2.05, 4.69) is 0 Å². The van der Waals surface area contributed by atoms with Crippen molar-refractivity contribution in [2.24, 2.45) is 0 Å². The SMILES string of the molecule is Cc1ccc(C(=O)CCc2ccc(N)cc2)cc1F. The molecular weight excluding hydrogens is 241 g/mol. The Kier molecular flexibility index (Phi) is 3.95. The number of Topliss-reactive ketones (excluding diaryl/α,β-unsaturated/α-hetero) is 1. The van der Waals surface area contributed by atoms with Gasteiger partial charge in [0.25, 0.3) is 0 Å². The maximum Gasteiger partial charge on any atom is 0.163 e. The Bertz CT molecular complexity index is 590. The second-order valence-electron chi connectivity index (χ2n) is 4.63. The largest absolute Gasteiger partial charge is 0.399 e. The summed E-state index contributed by atoms with van der Waals surface area (Å²) in [6.07, 6.45) is 1.00. The molecule has 0 aromatic heterocycles. The number of halogens is 1. The number of anilines is 1. The van der Waals surface area contributed by atoms with Gasteiger partial charge in [-0.15, -0.1) is 0 Å². The highest BCUT2D eigenvalue weighted by Gasteiger charge is 2.08. The number of hydrogen-bond acceptors (Lipinski definition) is 2. The molecule has 0 atom stereocenters. The van der Waals surface area contributed by atoms with Crippen LogP contribution in [-0.4, -0.2) is 5.78 Å². The van der Waals surface area contributed by atoms with Crippen molar-refractivity contribution in [1.82, 2.24) is 0 Å². The van der Waals surface area contributed by atoms with Crippen LogP contribution >= 0.6 is 0 Å². The van der Waals surface area contributed by atoms with E-state index in [4.69, 9.17) is 5.73 Å². The summed E-state index contributed by atoms with van der Waals surface area (Å²) in [6.45, 7) is 1.68. The van der Waals surface area contributed by atoms with Gasteiger partial charge in [0.15, 0.2) is 5.78 Å². The second kappa shape index (κ2) is 5.65. The van der Waals surface area contributed by atoms with E-state index in [1.807, 2.05) is 24.3 Å². The average Bonchev–Trinajstić information content (AvgIpc) is 2.41. The van der Waals surface area contributed by atoms with Crippen LogP contribution in [0.3, 0.4) is 0 Å². The van der Waals surface area contributed by atoms with Crippen LogP contribution in [0.15, 0.2) is 42.5 Å². The van der Waals surface area contributed by atoms with Gasteiger partial charge in [0.2, 0.25) is 0 Å². The van der Waals surface area contributed by atoms with Crippen LogP contribution < -0.4 is 5.73 Å². The number of rotatable bonds is 4. The highest BCUT2D eigenvalue weighted by atomic mass is 19.1. The number of hydrogen-bond donors (Lipinski definition) is 1. The fraction of sp³-hybridized carbons (Fsp3) is 0.188. The summed E-state index contributed by atoms with van der Waals surface area (Å²) in [4.78, 5) is 12.0. The summed E-state index contributed by atoms with van der Waals surface area (Å²) in [5, 5.41) is 0. The summed E-state index contributed by atoms with van der Waals surface area (Å²) in [7, 11) is 0. The van der Waals surface area contributed by atoms with E-state index in [0.717, 1.165) is 5.56 Å². The number of nitrogen functional groups attached to an aromatic ring is 1. The van der Waals surface area contributed by atoms with Crippen LogP contribution in [-0.2, 0) is 6.42 Å². The van der Waals surface area contributed by atoms with Crippen molar-refractivity contribution in [2.45, 2.75) is 19.8 Å². The van der Waals surface area contributed by atoms with Crippen molar-refractivity contribution in [1.29, 1.82) is 0 Å². The van der Waals surface area contributed by atoms with Gasteiger partial charge in [-0.2, -0.15) is 0 Å². The van der Waals surface area contributed by atoms with E-state index < -0.39 is 0 Å². The zero-order chi connectivity index (χ0) is 13.8. The molecule has 0 unspecified atom stereocenters. The molecule has 0 fully saturated rings. The van der Waals surface area contributed by atoms with Crippen LogP contribution in [0.5, 0.6) is 0 Å². The smallest absolute Gasteiger partial charge is 0.163 e. The molecule has 2 nitrogen and oxygen atoms in total. The quantitative estimate of drug-likeness (QED) is 0.672. The predicted molar refractivity (Wildman–Crippen MR) is 74.6 cm³/mol. The summed E-state index contributed by atoms with van der Waals surface area (Å²) < 4.78 is 13.4. The van der Waals surface area contributed by atoms with Gasteiger partial charge in [0.1, 0.15) is 5.82 Å². The Morgan fingerprint density at radius 1 is 1.16 bits per heavy atom. The first-order valence-corrected chi connectivity index (χ1v) is 6.20. The minimum Gasteiger partial charge on any atom is -0.399 e. The van der Waals surface area contributed by atoms with Crippen LogP contribution in [0, 0.1) is 12.7 Å². The van der Waals surface area contributed by atoms with Gasteiger partial charge in [-0.3, -0.25) is 4.79 Å². The van der Waals surface area contributed by atoms with E-state index in [0.29, 0.717) is 29.7 Å². The number of carbonyl (C=O) groups is 1. The lowest BCUT2D eigenvalue weighted by Gasteiger charge is -2.04. The van der Waals surface area contributed by atoms with Gasteiger partial charge in [-0.05, 0) is 42.7 Å². The third-order valence-corrected chi connectivity index (χ3v) is 3.11. The molecule has 2 rings (SSSR count). The molecule has 0 bridgehead atoms. The van der Waals surface area contributed by atoms with Crippen LogP contribution in [0.25, 0.3) is 0 Å². The molecule has 0 amide bonds. The zero-order valence-electron chi connectivity index (χ0n) is 10.8. The van der Waals surface area contributed by atoms with Gasteiger partial charge in [-0.1, -0.05) is 24.3 Å². The lowest BCUT2D eigenvalue weighted by molar-refractivity contribution is 0.0982. The first-order valence-electron chi connectivity index (χ1n) is 6.20. The topological polar surface area (TPSA) is 43.1 Å². The summed E-state index contributed by atoms with van der Waals surface area (Å²) >= 11 is 0. The van der Waals surface area contributed by atoms with Crippen molar-refractivity contribution in [3.05, 3.63) is 65.0 Å². The molecule has 0 radical (unpaired) electrons. The fourth-order valence-corrected chi connectivity index (χ4v) is 1.85. The minimum atomic E-state index is -0.335. The number of aryl methyl sites for hydroxylation is 2. The third-order valence-electron chi connectivity index (χ3n) is 3.11. The molecule has 0 aliphatic carbocycles.